The van der Waals surface area contributed by atoms with E-state index in [9.17, 15) is 9.59 Å². The largest absolute Gasteiger partial charge is 0.462 e. The van der Waals surface area contributed by atoms with E-state index in [1.807, 2.05) is 30.5 Å². The van der Waals surface area contributed by atoms with Crippen LogP contribution in [0.15, 0.2) is 29.2 Å². The Balaban J connectivity index is 1.80. The third-order valence-electron chi connectivity index (χ3n) is 4.68. The van der Waals surface area contributed by atoms with Gasteiger partial charge in [0.2, 0.25) is 5.91 Å². The lowest BCUT2D eigenvalue weighted by atomic mass is 10.1. The zero-order valence-corrected chi connectivity index (χ0v) is 17.4. The number of hydrogen-bond acceptors (Lipinski definition) is 5. The van der Waals surface area contributed by atoms with Gasteiger partial charge in [0.1, 0.15) is 5.00 Å². The molecule has 1 amide bonds. The Kier molecular flexibility index (Phi) is 6.96. The first-order chi connectivity index (χ1) is 13.1. The molecule has 3 rings (SSSR count). The molecule has 1 aliphatic rings. The SMILES string of the molecule is CCOC(=O)c1c(NC(=O)Cc2ccc(SC)cc2)sc2c1CCCCC2. The van der Waals surface area contributed by atoms with E-state index in [0.717, 1.165) is 36.8 Å². The second kappa shape index (κ2) is 9.42. The summed E-state index contributed by atoms with van der Waals surface area (Å²) in [6, 6.07) is 7.98. The molecule has 0 saturated carbocycles. The number of carbonyl (C=O) groups is 2. The molecule has 0 unspecified atom stereocenters. The minimum absolute atomic E-state index is 0.103. The molecule has 1 aliphatic carbocycles. The number of fused-ring (bicyclic) bond motifs is 1. The van der Waals surface area contributed by atoms with E-state index in [1.165, 1.54) is 27.5 Å². The van der Waals surface area contributed by atoms with E-state index in [0.29, 0.717) is 23.6 Å². The topological polar surface area (TPSA) is 55.4 Å². The summed E-state index contributed by atoms with van der Waals surface area (Å²) in [6.45, 7) is 2.14. The highest BCUT2D eigenvalue weighted by molar-refractivity contribution is 7.98. The highest BCUT2D eigenvalue weighted by Gasteiger charge is 2.26. The number of benzene rings is 1. The molecule has 1 aromatic carbocycles. The molecule has 0 radical (unpaired) electrons. The first kappa shape index (κ1) is 20.0. The molecule has 0 fully saturated rings. The monoisotopic (exact) mass is 403 g/mol. The van der Waals surface area contributed by atoms with Crippen molar-refractivity contribution in [3.05, 3.63) is 45.8 Å². The number of rotatable bonds is 6. The first-order valence-electron chi connectivity index (χ1n) is 9.36. The van der Waals surface area contributed by atoms with Crippen LogP contribution in [-0.4, -0.2) is 24.7 Å². The van der Waals surface area contributed by atoms with Crippen LogP contribution in [-0.2, 0) is 28.8 Å². The number of nitrogens with one attached hydrogen (secondary N) is 1. The van der Waals surface area contributed by atoms with E-state index in [4.69, 9.17) is 4.74 Å². The molecule has 1 N–H and O–H groups in total. The average molecular weight is 404 g/mol. The van der Waals surface area contributed by atoms with Crippen molar-refractivity contribution < 1.29 is 14.3 Å². The lowest BCUT2D eigenvalue weighted by molar-refractivity contribution is -0.115. The molecule has 1 aromatic heterocycles. The number of carbonyl (C=O) groups excluding carboxylic acids is 2. The molecule has 144 valence electrons. The maximum Gasteiger partial charge on any atom is 0.341 e. The van der Waals surface area contributed by atoms with Gasteiger partial charge in [0, 0.05) is 9.77 Å². The quantitative estimate of drug-likeness (QED) is 0.414. The van der Waals surface area contributed by atoms with Crippen molar-refractivity contribution in [3.8, 4) is 0 Å². The molecule has 0 saturated heterocycles. The minimum Gasteiger partial charge on any atom is -0.462 e. The third kappa shape index (κ3) is 4.93. The number of thioether (sulfide) groups is 1. The fourth-order valence-electron chi connectivity index (χ4n) is 3.35. The molecule has 2 aromatic rings. The summed E-state index contributed by atoms with van der Waals surface area (Å²) >= 11 is 3.21. The van der Waals surface area contributed by atoms with Crippen LogP contribution in [0.2, 0.25) is 0 Å². The predicted molar refractivity (Wildman–Crippen MR) is 112 cm³/mol. The van der Waals surface area contributed by atoms with Crippen molar-refractivity contribution in [3.63, 3.8) is 0 Å². The lowest BCUT2D eigenvalue weighted by Crippen LogP contribution is -2.17. The van der Waals surface area contributed by atoms with Gasteiger partial charge in [0.25, 0.3) is 0 Å². The zero-order chi connectivity index (χ0) is 19.2. The second-order valence-corrected chi connectivity index (χ2v) is 8.55. The van der Waals surface area contributed by atoms with Gasteiger partial charge < -0.3 is 10.1 Å². The van der Waals surface area contributed by atoms with Crippen LogP contribution in [0.5, 0.6) is 0 Å². The molecule has 4 nitrogen and oxygen atoms in total. The molecule has 0 atom stereocenters. The highest BCUT2D eigenvalue weighted by atomic mass is 32.2. The van der Waals surface area contributed by atoms with E-state index in [-0.39, 0.29) is 11.9 Å². The maximum absolute atomic E-state index is 12.6. The number of aryl methyl sites for hydroxylation is 1. The first-order valence-corrected chi connectivity index (χ1v) is 11.4. The standard InChI is InChI=1S/C21H25NO3S2/c1-3-25-21(24)19-16-7-5-4-6-8-17(16)27-20(19)22-18(23)13-14-9-11-15(26-2)12-10-14/h9-12H,3-8,13H2,1-2H3,(H,22,23). The molecule has 27 heavy (non-hydrogen) atoms. The number of ether oxygens (including phenoxy) is 1. The summed E-state index contributed by atoms with van der Waals surface area (Å²) in [5.74, 6) is -0.426. The van der Waals surface area contributed by atoms with Gasteiger partial charge in [-0.05, 0) is 62.1 Å². The van der Waals surface area contributed by atoms with E-state index >= 15 is 0 Å². The minimum atomic E-state index is -0.323. The van der Waals surface area contributed by atoms with Crippen LogP contribution < -0.4 is 5.32 Å². The summed E-state index contributed by atoms with van der Waals surface area (Å²) in [5.41, 5.74) is 2.61. The Morgan fingerprint density at radius 1 is 1.15 bits per heavy atom. The van der Waals surface area contributed by atoms with Crippen LogP contribution in [0.4, 0.5) is 5.00 Å². The summed E-state index contributed by atoms with van der Waals surface area (Å²) in [4.78, 5) is 27.5. The predicted octanol–water partition coefficient (Wildman–Crippen LogP) is 5.10. The Hall–Kier alpha value is -1.79. The molecular weight excluding hydrogens is 378 g/mol. The fraction of sp³-hybridized carbons (Fsp3) is 0.429. The van der Waals surface area contributed by atoms with Gasteiger partial charge in [0.15, 0.2) is 0 Å². The Labute approximate surface area is 168 Å². The second-order valence-electron chi connectivity index (χ2n) is 6.56. The number of amides is 1. The van der Waals surface area contributed by atoms with Crippen molar-refractivity contribution in [2.45, 2.75) is 50.3 Å². The van der Waals surface area contributed by atoms with Gasteiger partial charge >= 0.3 is 5.97 Å². The van der Waals surface area contributed by atoms with Gasteiger partial charge in [-0.3, -0.25) is 4.79 Å². The molecule has 0 spiro atoms. The zero-order valence-electron chi connectivity index (χ0n) is 15.8. The van der Waals surface area contributed by atoms with Crippen molar-refractivity contribution in [1.82, 2.24) is 0 Å². The normalized spacial score (nSPS) is 13.6. The van der Waals surface area contributed by atoms with Gasteiger partial charge in [-0.25, -0.2) is 4.79 Å². The smallest absolute Gasteiger partial charge is 0.341 e. The van der Waals surface area contributed by atoms with Crippen LogP contribution >= 0.6 is 23.1 Å². The Bertz CT molecular complexity index is 812. The molecular formula is C21H25NO3S2. The van der Waals surface area contributed by atoms with Crippen LogP contribution in [0.3, 0.4) is 0 Å². The molecule has 6 heteroatoms. The van der Waals surface area contributed by atoms with Gasteiger partial charge in [-0.2, -0.15) is 0 Å². The van der Waals surface area contributed by atoms with E-state index in [2.05, 4.69) is 5.32 Å². The van der Waals surface area contributed by atoms with Gasteiger partial charge in [-0.1, -0.05) is 18.6 Å². The van der Waals surface area contributed by atoms with Crippen molar-refractivity contribution in [1.29, 1.82) is 0 Å². The molecule has 1 heterocycles. The van der Waals surface area contributed by atoms with E-state index in [1.54, 1.807) is 18.7 Å². The van der Waals surface area contributed by atoms with Crippen LogP contribution in [0, 0.1) is 0 Å². The van der Waals surface area contributed by atoms with Gasteiger partial charge in [0.05, 0.1) is 18.6 Å². The fourth-order valence-corrected chi connectivity index (χ4v) is 5.05. The summed E-state index contributed by atoms with van der Waals surface area (Å²) in [6.07, 6.45) is 7.55. The number of anilines is 1. The van der Waals surface area contributed by atoms with Crippen molar-refractivity contribution >= 4 is 40.0 Å². The lowest BCUT2D eigenvalue weighted by Gasteiger charge is -2.09. The Morgan fingerprint density at radius 3 is 2.59 bits per heavy atom. The highest BCUT2D eigenvalue weighted by Crippen LogP contribution is 2.38. The number of esters is 1. The van der Waals surface area contributed by atoms with Gasteiger partial charge in [-0.15, -0.1) is 23.1 Å². The number of thiophene rings is 1. The van der Waals surface area contributed by atoms with Crippen molar-refractivity contribution in [2.75, 3.05) is 18.2 Å². The molecule has 0 bridgehead atoms. The summed E-state index contributed by atoms with van der Waals surface area (Å²) in [5, 5.41) is 3.62. The van der Waals surface area contributed by atoms with Crippen LogP contribution in [0.25, 0.3) is 0 Å². The average Bonchev–Trinajstić information content (AvgIpc) is 2.83. The maximum atomic E-state index is 12.6. The Morgan fingerprint density at radius 2 is 1.89 bits per heavy atom. The number of hydrogen-bond donors (Lipinski definition) is 1. The van der Waals surface area contributed by atoms with Crippen LogP contribution in [0.1, 0.15) is 52.5 Å². The van der Waals surface area contributed by atoms with Crippen molar-refractivity contribution in [2.24, 2.45) is 0 Å². The molecule has 0 aliphatic heterocycles. The summed E-state index contributed by atoms with van der Waals surface area (Å²) < 4.78 is 5.27. The summed E-state index contributed by atoms with van der Waals surface area (Å²) in [7, 11) is 0. The van der Waals surface area contributed by atoms with E-state index < -0.39 is 0 Å². The third-order valence-corrected chi connectivity index (χ3v) is 6.63.